The Balaban J connectivity index is 1.74. The molecule has 0 bridgehead atoms. The maximum atomic E-state index is 13.1. The molecule has 25 heavy (non-hydrogen) atoms. The van der Waals surface area contributed by atoms with E-state index in [2.05, 4.69) is 5.32 Å². The second kappa shape index (κ2) is 6.87. The number of hydrogen-bond donors (Lipinski definition) is 1. The molecule has 2 aromatic rings. The standard InChI is InChI=1S/C19H18Cl2N2O2/c20-12-7-8-14(16(21)10-12)18-22-17-6-2-1-5-15(17)19(24)23(18)11-13-4-3-9-25-13/h1-2,5-8,10,13,18,22H,3-4,9,11H2/t13-,18-/m1/s1. The van der Waals surface area contributed by atoms with Gasteiger partial charge in [-0.25, -0.2) is 0 Å². The van der Waals surface area contributed by atoms with E-state index in [4.69, 9.17) is 27.9 Å². The number of carbonyl (C=O) groups is 1. The zero-order chi connectivity index (χ0) is 17.4. The van der Waals surface area contributed by atoms with E-state index in [1.807, 2.05) is 35.2 Å². The molecule has 1 saturated heterocycles. The summed E-state index contributed by atoms with van der Waals surface area (Å²) >= 11 is 12.5. The minimum Gasteiger partial charge on any atom is -0.376 e. The molecule has 0 spiro atoms. The van der Waals surface area contributed by atoms with Gasteiger partial charge in [0, 0.05) is 34.4 Å². The number of halogens is 2. The number of hydrogen-bond acceptors (Lipinski definition) is 3. The number of nitrogens with zero attached hydrogens (tertiary/aromatic N) is 1. The second-order valence-corrected chi connectivity index (χ2v) is 7.19. The summed E-state index contributed by atoms with van der Waals surface area (Å²) in [5.74, 6) is -0.0131. The first-order valence-corrected chi connectivity index (χ1v) is 9.12. The van der Waals surface area contributed by atoms with Crippen molar-refractivity contribution in [3.05, 3.63) is 63.6 Å². The highest BCUT2D eigenvalue weighted by Gasteiger charge is 2.35. The first-order valence-electron chi connectivity index (χ1n) is 8.36. The normalized spacial score (nSPS) is 22.6. The Hall–Kier alpha value is -1.75. The lowest BCUT2D eigenvalue weighted by molar-refractivity contribution is 0.0427. The van der Waals surface area contributed by atoms with E-state index in [-0.39, 0.29) is 18.2 Å². The van der Waals surface area contributed by atoms with Gasteiger partial charge in [0.2, 0.25) is 0 Å². The Morgan fingerprint density at radius 2 is 2.04 bits per heavy atom. The summed E-state index contributed by atoms with van der Waals surface area (Å²) in [4.78, 5) is 14.9. The fourth-order valence-electron chi connectivity index (χ4n) is 3.46. The topological polar surface area (TPSA) is 41.6 Å². The number of ether oxygens (including phenoxy) is 1. The molecule has 6 heteroatoms. The minimum absolute atomic E-state index is 0.0131. The van der Waals surface area contributed by atoms with Crippen molar-refractivity contribution in [3.8, 4) is 0 Å². The van der Waals surface area contributed by atoms with Gasteiger partial charge in [0.1, 0.15) is 6.17 Å². The third-order valence-electron chi connectivity index (χ3n) is 4.70. The molecule has 1 fully saturated rings. The van der Waals surface area contributed by atoms with Crippen molar-refractivity contribution in [3.63, 3.8) is 0 Å². The molecule has 0 saturated carbocycles. The molecule has 2 atom stereocenters. The van der Waals surface area contributed by atoms with Crippen molar-refractivity contribution in [2.24, 2.45) is 0 Å². The van der Waals surface area contributed by atoms with E-state index in [9.17, 15) is 4.79 Å². The molecule has 0 unspecified atom stereocenters. The molecule has 2 heterocycles. The van der Waals surface area contributed by atoms with Crippen LogP contribution in [0.4, 0.5) is 5.69 Å². The van der Waals surface area contributed by atoms with Gasteiger partial charge < -0.3 is 15.0 Å². The molecule has 4 rings (SSSR count). The van der Waals surface area contributed by atoms with Crippen LogP contribution >= 0.6 is 23.2 Å². The van der Waals surface area contributed by atoms with Crippen LogP contribution in [0.15, 0.2) is 42.5 Å². The number of para-hydroxylation sites is 1. The van der Waals surface area contributed by atoms with E-state index >= 15 is 0 Å². The number of rotatable bonds is 3. The van der Waals surface area contributed by atoms with Gasteiger partial charge in [0.15, 0.2) is 0 Å². The Labute approximate surface area is 156 Å². The SMILES string of the molecule is O=C1c2ccccc2N[C@@H](c2ccc(Cl)cc2Cl)N1C[C@H]1CCCO1. The second-order valence-electron chi connectivity index (χ2n) is 6.35. The van der Waals surface area contributed by atoms with Crippen LogP contribution in [0, 0.1) is 0 Å². The number of benzene rings is 2. The molecule has 0 aliphatic carbocycles. The number of anilines is 1. The summed E-state index contributed by atoms with van der Waals surface area (Å²) in [5.41, 5.74) is 2.31. The number of carbonyl (C=O) groups excluding carboxylic acids is 1. The van der Waals surface area contributed by atoms with Crippen molar-refractivity contribution >= 4 is 34.8 Å². The van der Waals surface area contributed by atoms with Crippen LogP contribution in [0.3, 0.4) is 0 Å². The van der Waals surface area contributed by atoms with Crippen molar-refractivity contribution < 1.29 is 9.53 Å². The Kier molecular flexibility index (Phi) is 4.59. The number of fused-ring (bicyclic) bond motifs is 1. The van der Waals surface area contributed by atoms with Gasteiger partial charge in [0.25, 0.3) is 5.91 Å². The molecule has 2 aliphatic heterocycles. The molecule has 2 aliphatic rings. The van der Waals surface area contributed by atoms with Crippen LogP contribution in [0.5, 0.6) is 0 Å². The molecule has 4 nitrogen and oxygen atoms in total. The average Bonchev–Trinajstić information content (AvgIpc) is 3.11. The van der Waals surface area contributed by atoms with Gasteiger partial charge in [-0.15, -0.1) is 0 Å². The van der Waals surface area contributed by atoms with Crippen molar-refractivity contribution in [1.29, 1.82) is 0 Å². The maximum Gasteiger partial charge on any atom is 0.257 e. The van der Waals surface area contributed by atoms with Gasteiger partial charge in [0.05, 0.1) is 11.7 Å². The molecule has 1 amide bonds. The predicted molar refractivity (Wildman–Crippen MR) is 99.3 cm³/mol. The summed E-state index contributed by atoms with van der Waals surface area (Å²) < 4.78 is 5.75. The Morgan fingerprint density at radius 1 is 1.20 bits per heavy atom. The summed E-state index contributed by atoms with van der Waals surface area (Å²) in [5, 5.41) is 4.56. The Bertz CT molecular complexity index is 806. The fraction of sp³-hybridized carbons (Fsp3) is 0.316. The lowest BCUT2D eigenvalue weighted by atomic mass is 10.0. The van der Waals surface area contributed by atoms with Crippen molar-refractivity contribution in [1.82, 2.24) is 4.90 Å². The quantitative estimate of drug-likeness (QED) is 0.840. The molecular weight excluding hydrogens is 359 g/mol. The maximum absolute atomic E-state index is 13.1. The Morgan fingerprint density at radius 3 is 2.80 bits per heavy atom. The average molecular weight is 377 g/mol. The zero-order valence-corrected chi connectivity index (χ0v) is 15.1. The van der Waals surface area contributed by atoms with E-state index < -0.39 is 0 Å². The van der Waals surface area contributed by atoms with Crippen LogP contribution in [0.2, 0.25) is 10.0 Å². The largest absolute Gasteiger partial charge is 0.376 e. The van der Waals surface area contributed by atoms with Crippen LogP contribution in [-0.4, -0.2) is 30.1 Å². The summed E-state index contributed by atoms with van der Waals surface area (Å²) in [6, 6.07) is 12.9. The first-order chi connectivity index (χ1) is 12.1. The van der Waals surface area contributed by atoms with E-state index in [1.54, 1.807) is 12.1 Å². The van der Waals surface area contributed by atoms with E-state index in [1.165, 1.54) is 0 Å². The van der Waals surface area contributed by atoms with Crippen LogP contribution < -0.4 is 5.32 Å². The number of amides is 1. The lowest BCUT2D eigenvalue weighted by Crippen LogP contribution is -2.46. The van der Waals surface area contributed by atoms with E-state index in [0.29, 0.717) is 22.2 Å². The van der Waals surface area contributed by atoms with Crippen LogP contribution in [0.1, 0.15) is 34.9 Å². The number of nitrogens with one attached hydrogen (secondary N) is 1. The highest BCUT2D eigenvalue weighted by molar-refractivity contribution is 6.35. The van der Waals surface area contributed by atoms with Crippen LogP contribution in [0.25, 0.3) is 0 Å². The summed E-state index contributed by atoms with van der Waals surface area (Å²) in [6.45, 7) is 1.28. The first kappa shape index (κ1) is 16.7. The van der Waals surface area contributed by atoms with Gasteiger partial charge >= 0.3 is 0 Å². The van der Waals surface area contributed by atoms with E-state index in [0.717, 1.165) is 30.7 Å². The summed E-state index contributed by atoms with van der Waals surface area (Å²) in [7, 11) is 0. The van der Waals surface area contributed by atoms with Crippen molar-refractivity contribution in [2.45, 2.75) is 25.1 Å². The zero-order valence-electron chi connectivity index (χ0n) is 13.5. The molecule has 0 aromatic heterocycles. The van der Waals surface area contributed by atoms with Gasteiger partial charge in [-0.2, -0.15) is 0 Å². The minimum atomic E-state index is -0.351. The summed E-state index contributed by atoms with van der Waals surface area (Å²) in [6.07, 6.45) is 1.70. The fourth-order valence-corrected chi connectivity index (χ4v) is 3.97. The van der Waals surface area contributed by atoms with Gasteiger partial charge in [-0.3, -0.25) is 4.79 Å². The van der Waals surface area contributed by atoms with Gasteiger partial charge in [-0.1, -0.05) is 41.4 Å². The lowest BCUT2D eigenvalue weighted by Gasteiger charge is -2.39. The predicted octanol–water partition coefficient (Wildman–Crippen LogP) is 4.74. The highest BCUT2D eigenvalue weighted by Crippen LogP contribution is 2.37. The molecular formula is C19H18Cl2N2O2. The molecule has 2 aromatic carbocycles. The van der Waals surface area contributed by atoms with Gasteiger partial charge in [-0.05, 0) is 37.1 Å². The molecule has 130 valence electrons. The van der Waals surface area contributed by atoms with Crippen molar-refractivity contribution in [2.75, 3.05) is 18.5 Å². The third-order valence-corrected chi connectivity index (χ3v) is 5.27. The van der Waals surface area contributed by atoms with Crippen LogP contribution in [-0.2, 0) is 4.74 Å². The smallest absolute Gasteiger partial charge is 0.257 e. The highest BCUT2D eigenvalue weighted by atomic mass is 35.5. The monoisotopic (exact) mass is 376 g/mol. The molecule has 0 radical (unpaired) electrons. The third kappa shape index (κ3) is 3.22. The molecule has 1 N–H and O–H groups in total.